The molecule has 31 heavy (non-hydrogen) atoms. The van der Waals surface area contributed by atoms with Crippen LogP contribution >= 0.6 is 0 Å². The number of anilines is 1. The number of piperidine rings is 1. The molecular formula is C23H25FN6O. The Bertz CT molecular complexity index is 1070. The van der Waals surface area contributed by atoms with E-state index in [-0.39, 0.29) is 17.8 Å². The maximum Gasteiger partial charge on any atom is 0.275 e. The highest BCUT2D eigenvalue weighted by atomic mass is 19.1. The molecule has 0 bridgehead atoms. The topological polar surface area (TPSA) is 83.9 Å². The van der Waals surface area contributed by atoms with Crippen LogP contribution in [0.1, 0.15) is 58.6 Å². The fourth-order valence-corrected chi connectivity index (χ4v) is 3.83. The zero-order chi connectivity index (χ0) is 21.8. The summed E-state index contributed by atoms with van der Waals surface area (Å²) in [5.41, 5.74) is 2.73. The van der Waals surface area contributed by atoms with Gasteiger partial charge in [-0.05, 0) is 63.1 Å². The Hall–Kier alpha value is -3.26. The number of nitrogens with one attached hydrogen (secondary N) is 1. The molecule has 1 atom stereocenters. The van der Waals surface area contributed by atoms with Crippen LogP contribution < -0.4 is 5.32 Å². The van der Waals surface area contributed by atoms with Crippen LogP contribution in [0.25, 0.3) is 0 Å². The minimum absolute atomic E-state index is 0.0244. The first-order valence-electron chi connectivity index (χ1n) is 10.4. The molecule has 3 aromatic heterocycles. The predicted molar refractivity (Wildman–Crippen MR) is 115 cm³/mol. The van der Waals surface area contributed by atoms with Crippen molar-refractivity contribution in [3.63, 3.8) is 0 Å². The molecule has 1 amide bonds. The number of aromatic nitrogens is 4. The van der Waals surface area contributed by atoms with Gasteiger partial charge in [-0.1, -0.05) is 12.5 Å². The van der Waals surface area contributed by atoms with Crippen molar-refractivity contribution >= 4 is 11.7 Å². The highest BCUT2D eigenvalue weighted by Gasteiger charge is 2.28. The lowest BCUT2D eigenvalue weighted by molar-refractivity contribution is 0.101. The van der Waals surface area contributed by atoms with Gasteiger partial charge in [-0.15, -0.1) is 0 Å². The maximum atomic E-state index is 13.2. The van der Waals surface area contributed by atoms with E-state index in [2.05, 4.69) is 30.2 Å². The zero-order valence-corrected chi connectivity index (χ0v) is 17.7. The quantitative estimate of drug-likeness (QED) is 0.672. The Labute approximate surface area is 180 Å². The molecule has 7 nitrogen and oxygen atoms in total. The Morgan fingerprint density at radius 1 is 1.19 bits per heavy atom. The Morgan fingerprint density at radius 3 is 2.84 bits per heavy atom. The van der Waals surface area contributed by atoms with Gasteiger partial charge < -0.3 is 5.32 Å². The van der Waals surface area contributed by atoms with E-state index in [1.807, 2.05) is 26.0 Å². The van der Waals surface area contributed by atoms with Crippen LogP contribution in [0.2, 0.25) is 0 Å². The lowest BCUT2D eigenvalue weighted by Gasteiger charge is -2.34. The van der Waals surface area contributed by atoms with E-state index in [0.29, 0.717) is 23.9 Å². The third kappa shape index (κ3) is 5.08. The molecule has 1 aliphatic heterocycles. The Balaban J connectivity index is 1.57. The molecule has 1 unspecified atom stereocenters. The molecule has 4 rings (SSSR count). The number of likely N-dealkylation sites (tertiary alicyclic amines) is 1. The van der Waals surface area contributed by atoms with Gasteiger partial charge in [0.15, 0.2) is 0 Å². The monoisotopic (exact) mass is 420 g/mol. The van der Waals surface area contributed by atoms with Crippen molar-refractivity contribution in [2.75, 3.05) is 11.9 Å². The molecule has 160 valence electrons. The highest BCUT2D eigenvalue weighted by molar-refractivity contribution is 6.02. The molecule has 0 aliphatic carbocycles. The third-order valence-electron chi connectivity index (χ3n) is 5.41. The van der Waals surface area contributed by atoms with Crippen LogP contribution in [0, 0.1) is 19.7 Å². The van der Waals surface area contributed by atoms with E-state index in [9.17, 15) is 9.18 Å². The van der Waals surface area contributed by atoms with E-state index in [0.717, 1.165) is 42.8 Å². The summed E-state index contributed by atoms with van der Waals surface area (Å²) >= 11 is 0. The summed E-state index contributed by atoms with van der Waals surface area (Å²) in [4.78, 5) is 32.8. The van der Waals surface area contributed by atoms with Crippen LogP contribution in [0.3, 0.4) is 0 Å². The number of carbonyl (C=O) groups excluding carboxylic acids is 1. The number of hydrogen-bond acceptors (Lipinski definition) is 6. The van der Waals surface area contributed by atoms with Crippen molar-refractivity contribution < 1.29 is 9.18 Å². The van der Waals surface area contributed by atoms with Crippen molar-refractivity contribution in [1.82, 2.24) is 24.8 Å². The number of carbonyl (C=O) groups is 1. The van der Waals surface area contributed by atoms with E-state index < -0.39 is 0 Å². The highest BCUT2D eigenvalue weighted by Crippen LogP contribution is 2.30. The SMILES string of the molecule is Cc1cc(C(=O)Nc2ncccc2C)nc(C2CCCCN2Cc2ccc(F)cn2)n1. The largest absolute Gasteiger partial charge is 0.305 e. The zero-order valence-electron chi connectivity index (χ0n) is 17.7. The van der Waals surface area contributed by atoms with Gasteiger partial charge in [0.2, 0.25) is 0 Å². The summed E-state index contributed by atoms with van der Waals surface area (Å²) in [5, 5.41) is 2.84. The Kier molecular flexibility index (Phi) is 6.27. The van der Waals surface area contributed by atoms with Crippen LogP contribution in [0.4, 0.5) is 10.2 Å². The van der Waals surface area contributed by atoms with Gasteiger partial charge in [-0.2, -0.15) is 0 Å². The second-order valence-corrected chi connectivity index (χ2v) is 7.83. The van der Waals surface area contributed by atoms with Gasteiger partial charge >= 0.3 is 0 Å². The van der Waals surface area contributed by atoms with E-state index in [4.69, 9.17) is 0 Å². The summed E-state index contributed by atoms with van der Waals surface area (Å²) < 4.78 is 13.2. The second-order valence-electron chi connectivity index (χ2n) is 7.83. The third-order valence-corrected chi connectivity index (χ3v) is 5.41. The number of amides is 1. The maximum absolute atomic E-state index is 13.2. The number of aryl methyl sites for hydroxylation is 2. The van der Waals surface area contributed by atoms with E-state index in [1.165, 1.54) is 12.3 Å². The number of hydrogen-bond donors (Lipinski definition) is 1. The van der Waals surface area contributed by atoms with Gasteiger partial charge in [0.25, 0.3) is 5.91 Å². The fourth-order valence-electron chi connectivity index (χ4n) is 3.83. The minimum atomic E-state index is -0.347. The molecule has 0 aromatic carbocycles. The first-order valence-corrected chi connectivity index (χ1v) is 10.4. The number of pyridine rings is 2. The molecule has 4 heterocycles. The summed E-state index contributed by atoms with van der Waals surface area (Å²) in [6.07, 6.45) is 5.90. The predicted octanol–water partition coefficient (Wildman–Crippen LogP) is 4.00. The van der Waals surface area contributed by atoms with Gasteiger partial charge in [0, 0.05) is 18.4 Å². The first-order chi connectivity index (χ1) is 15.0. The molecule has 1 saturated heterocycles. The summed E-state index contributed by atoms with van der Waals surface area (Å²) in [7, 11) is 0. The molecule has 1 fully saturated rings. The summed E-state index contributed by atoms with van der Waals surface area (Å²) in [6.45, 7) is 5.21. The average Bonchev–Trinajstić information content (AvgIpc) is 2.77. The first kappa shape index (κ1) is 21.0. The average molecular weight is 420 g/mol. The summed E-state index contributed by atoms with van der Waals surface area (Å²) in [5.74, 6) is 0.493. The fraction of sp³-hybridized carbons (Fsp3) is 0.348. The molecule has 0 saturated carbocycles. The minimum Gasteiger partial charge on any atom is -0.305 e. The molecule has 8 heteroatoms. The Morgan fingerprint density at radius 2 is 2.06 bits per heavy atom. The van der Waals surface area contributed by atoms with Gasteiger partial charge in [-0.25, -0.2) is 19.3 Å². The van der Waals surface area contributed by atoms with Crippen molar-refractivity contribution in [1.29, 1.82) is 0 Å². The molecule has 3 aromatic rings. The normalized spacial score (nSPS) is 16.8. The van der Waals surface area contributed by atoms with Crippen LogP contribution in [0.5, 0.6) is 0 Å². The van der Waals surface area contributed by atoms with Crippen LogP contribution in [-0.2, 0) is 6.54 Å². The van der Waals surface area contributed by atoms with Crippen molar-refractivity contribution in [2.45, 2.75) is 45.7 Å². The summed E-state index contributed by atoms with van der Waals surface area (Å²) in [6, 6.07) is 8.50. The van der Waals surface area contributed by atoms with Gasteiger partial charge in [0.1, 0.15) is 23.2 Å². The second kappa shape index (κ2) is 9.26. The number of rotatable bonds is 5. The van der Waals surface area contributed by atoms with Crippen LogP contribution in [-0.4, -0.2) is 37.3 Å². The lowest BCUT2D eigenvalue weighted by atomic mass is 10.0. The van der Waals surface area contributed by atoms with Crippen molar-refractivity contribution in [3.05, 3.63) is 77.0 Å². The van der Waals surface area contributed by atoms with E-state index >= 15 is 0 Å². The van der Waals surface area contributed by atoms with E-state index in [1.54, 1.807) is 18.3 Å². The number of nitrogens with zero attached hydrogens (tertiary/aromatic N) is 5. The lowest BCUT2D eigenvalue weighted by Crippen LogP contribution is -2.34. The van der Waals surface area contributed by atoms with Crippen molar-refractivity contribution in [2.24, 2.45) is 0 Å². The van der Waals surface area contributed by atoms with Crippen molar-refractivity contribution in [3.8, 4) is 0 Å². The molecule has 1 aliphatic rings. The molecule has 1 N–H and O–H groups in total. The molecule has 0 radical (unpaired) electrons. The standard InChI is InChI=1S/C23H25FN6O/c1-15-6-5-10-25-21(15)29-23(31)19-12-16(2)27-22(28-19)20-7-3-4-11-30(20)14-18-9-8-17(24)13-26-18/h5-6,8-10,12-13,20H,3-4,7,11,14H2,1-2H3,(H,25,29,31). The molecular weight excluding hydrogens is 395 g/mol. The molecule has 0 spiro atoms. The van der Waals surface area contributed by atoms with Crippen LogP contribution in [0.15, 0.2) is 42.7 Å². The van der Waals surface area contributed by atoms with Gasteiger partial charge in [-0.3, -0.25) is 14.7 Å². The smallest absolute Gasteiger partial charge is 0.275 e. The number of halogens is 1. The van der Waals surface area contributed by atoms with Gasteiger partial charge in [0.05, 0.1) is 17.9 Å².